The van der Waals surface area contributed by atoms with Crippen molar-refractivity contribution in [2.75, 3.05) is 57.7 Å². The summed E-state index contributed by atoms with van der Waals surface area (Å²) in [5, 5.41) is 3.19. The number of rotatable bonds is 10. The van der Waals surface area contributed by atoms with Gasteiger partial charge in [-0.25, -0.2) is 4.79 Å². The lowest BCUT2D eigenvalue weighted by molar-refractivity contribution is 0.137. The van der Waals surface area contributed by atoms with E-state index < -0.39 is 0 Å². The molecule has 1 fully saturated rings. The van der Waals surface area contributed by atoms with Crippen LogP contribution in [0.4, 0.5) is 10.5 Å². The highest BCUT2D eigenvalue weighted by molar-refractivity contribution is 5.91. The number of para-hydroxylation sites is 1. The number of urea groups is 1. The topological polar surface area (TPSA) is 38.8 Å². The molecule has 1 aromatic rings. The van der Waals surface area contributed by atoms with Crippen LogP contribution in [0.5, 0.6) is 0 Å². The summed E-state index contributed by atoms with van der Waals surface area (Å²) in [7, 11) is 0. The van der Waals surface area contributed by atoms with Crippen LogP contribution in [-0.4, -0.2) is 73.1 Å². The molecule has 0 atom stereocenters. The average Bonchev–Trinajstić information content (AvgIpc) is 2.72. The van der Waals surface area contributed by atoms with Crippen LogP contribution in [0.15, 0.2) is 43.5 Å². The predicted molar refractivity (Wildman–Crippen MR) is 119 cm³/mol. The number of hydrogen-bond acceptors (Lipinski definition) is 3. The third-order valence-electron chi connectivity index (χ3n) is 5.40. The van der Waals surface area contributed by atoms with E-state index in [0.717, 1.165) is 70.9 Å². The predicted octanol–water partition coefficient (Wildman–Crippen LogP) is 3.63. The maximum absolute atomic E-state index is 12.8. The van der Waals surface area contributed by atoms with Gasteiger partial charge in [-0.3, -0.25) is 9.80 Å². The molecular weight excluding hydrogens is 348 g/mol. The van der Waals surface area contributed by atoms with Crippen LogP contribution in [-0.2, 0) is 12.8 Å². The highest BCUT2D eigenvalue weighted by Crippen LogP contribution is 2.23. The Hall–Kier alpha value is -2.11. The standard InChI is InChI=1S/C23H36N4O/c1-5-12-25(13-6-2)14-15-26-16-18-27(19-17-26)23(28)24-22-20(7-3)10-9-11-21(22)8-4/h5-6,9-11H,1-2,7-8,12-19H2,3-4H3,(H,24,28). The number of anilines is 1. The van der Waals surface area contributed by atoms with Crippen LogP contribution in [0.25, 0.3) is 0 Å². The third kappa shape index (κ3) is 6.21. The summed E-state index contributed by atoms with van der Waals surface area (Å²) in [6.45, 7) is 19.0. The highest BCUT2D eigenvalue weighted by Gasteiger charge is 2.22. The van der Waals surface area contributed by atoms with E-state index in [-0.39, 0.29) is 6.03 Å². The molecule has 2 amide bonds. The van der Waals surface area contributed by atoms with E-state index in [9.17, 15) is 4.79 Å². The molecule has 1 N–H and O–H groups in total. The van der Waals surface area contributed by atoms with Gasteiger partial charge >= 0.3 is 6.03 Å². The van der Waals surface area contributed by atoms with Gasteiger partial charge in [0.15, 0.2) is 0 Å². The average molecular weight is 385 g/mol. The lowest BCUT2D eigenvalue weighted by atomic mass is 10.0. The van der Waals surface area contributed by atoms with Crippen LogP contribution in [0.3, 0.4) is 0 Å². The Morgan fingerprint density at radius 1 is 1.07 bits per heavy atom. The number of carbonyl (C=O) groups is 1. The minimum atomic E-state index is 0.0233. The fourth-order valence-corrected chi connectivity index (χ4v) is 3.67. The normalized spacial score (nSPS) is 14.9. The first kappa shape index (κ1) is 22.2. The van der Waals surface area contributed by atoms with E-state index in [0.29, 0.717) is 0 Å². The molecule has 28 heavy (non-hydrogen) atoms. The molecule has 0 aliphatic carbocycles. The number of nitrogens with one attached hydrogen (secondary N) is 1. The second-order valence-electron chi connectivity index (χ2n) is 7.25. The van der Waals surface area contributed by atoms with Gasteiger partial charge in [-0.05, 0) is 24.0 Å². The molecule has 5 nitrogen and oxygen atoms in total. The Morgan fingerprint density at radius 2 is 1.64 bits per heavy atom. The van der Waals surface area contributed by atoms with Crippen LogP contribution in [0.2, 0.25) is 0 Å². The Morgan fingerprint density at radius 3 is 2.14 bits per heavy atom. The second kappa shape index (κ2) is 11.7. The van der Waals surface area contributed by atoms with Gasteiger partial charge in [0.25, 0.3) is 0 Å². The van der Waals surface area contributed by atoms with Crippen molar-refractivity contribution in [2.45, 2.75) is 26.7 Å². The number of piperazine rings is 1. The summed E-state index contributed by atoms with van der Waals surface area (Å²) in [5.41, 5.74) is 3.41. The van der Waals surface area contributed by atoms with Gasteiger partial charge in [0.1, 0.15) is 0 Å². The summed E-state index contributed by atoms with van der Waals surface area (Å²) >= 11 is 0. The van der Waals surface area contributed by atoms with Gasteiger partial charge in [0.2, 0.25) is 0 Å². The van der Waals surface area contributed by atoms with Crippen LogP contribution in [0.1, 0.15) is 25.0 Å². The first-order valence-corrected chi connectivity index (χ1v) is 10.5. The largest absolute Gasteiger partial charge is 0.322 e. The van der Waals surface area contributed by atoms with Crippen LogP contribution in [0, 0.1) is 0 Å². The molecule has 0 aromatic heterocycles. The highest BCUT2D eigenvalue weighted by atomic mass is 16.2. The van der Waals surface area contributed by atoms with Gasteiger partial charge in [0.05, 0.1) is 0 Å². The van der Waals surface area contributed by atoms with Crippen molar-refractivity contribution >= 4 is 11.7 Å². The molecule has 1 aliphatic heterocycles. The van der Waals surface area contributed by atoms with E-state index in [1.165, 1.54) is 11.1 Å². The zero-order chi connectivity index (χ0) is 20.4. The molecule has 1 saturated heterocycles. The lowest BCUT2D eigenvalue weighted by Gasteiger charge is -2.35. The Balaban J connectivity index is 1.85. The van der Waals surface area contributed by atoms with E-state index >= 15 is 0 Å². The first-order chi connectivity index (χ1) is 13.6. The molecule has 1 heterocycles. The SMILES string of the molecule is C=CCN(CC=C)CCN1CCN(C(=O)Nc2c(CC)cccc2CC)CC1. The van der Waals surface area contributed by atoms with Gasteiger partial charge < -0.3 is 10.2 Å². The summed E-state index contributed by atoms with van der Waals surface area (Å²) in [5.74, 6) is 0. The van der Waals surface area contributed by atoms with E-state index in [4.69, 9.17) is 0 Å². The third-order valence-corrected chi connectivity index (χ3v) is 5.40. The van der Waals surface area contributed by atoms with Gasteiger partial charge in [-0.1, -0.05) is 44.2 Å². The van der Waals surface area contributed by atoms with Crippen LogP contribution < -0.4 is 5.32 Å². The molecular formula is C23H36N4O. The number of carbonyl (C=O) groups excluding carboxylic acids is 1. The molecule has 0 radical (unpaired) electrons. The van der Waals surface area contributed by atoms with Crippen molar-refractivity contribution in [1.82, 2.24) is 14.7 Å². The molecule has 0 bridgehead atoms. The van der Waals surface area contributed by atoms with Crippen molar-refractivity contribution in [3.63, 3.8) is 0 Å². The zero-order valence-corrected chi connectivity index (χ0v) is 17.6. The zero-order valence-electron chi connectivity index (χ0n) is 17.6. The van der Waals surface area contributed by atoms with Crippen molar-refractivity contribution in [3.05, 3.63) is 54.6 Å². The van der Waals surface area contributed by atoms with E-state index in [2.05, 4.69) is 60.3 Å². The van der Waals surface area contributed by atoms with Gasteiger partial charge in [-0.2, -0.15) is 0 Å². The molecule has 1 aliphatic rings. The summed E-state index contributed by atoms with van der Waals surface area (Å²) in [6, 6.07) is 6.31. The molecule has 5 heteroatoms. The molecule has 0 unspecified atom stereocenters. The minimum Gasteiger partial charge on any atom is -0.322 e. The Kier molecular flexibility index (Phi) is 9.24. The molecule has 1 aromatic carbocycles. The van der Waals surface area contributed by atoms with Gasteiger partial charge in [0, 0.05) is 58.0 Å². The number of aryl methyl sites for hydroxylation is 2. The maximum atomic E-state index is 12.8. The number of nitrogens with zero attached hydrogens (tertiary/aromatic N) is 3. The fourth-order valence-electron chi connectivity index (χ4n) is 3.67. The maximum Gasteiger partial charge on any atom is 0.321 e. The number of hydrogen-bond donors (Lipinski definition) is 1. The van der Waals surface area contributed by atoms with Crippen molar-refractivity contribution in [3.8, 4) is 0 Å². The lowest BCUT2D eigenvalue weighted by Crippen LogP contribution is -2.51. The van der Waals surface area contributed by atoms with Crippen molar-refractivity contribution in [1.29, 1.82) is 0 Å². The fraction of sp³-hybridized carbons (Fsp3) is 0.522. The Labute approximate surface area is 170 Å². The minimum absolute atomic E-state index is 0.0233. The molecule has 0 saturated carbocycles. The van der Waals surface area contributed by atoms with Gasteiger partial charge in [-0.15, -0.1) is 13.2 Å². The molecule has 154 valence electrons. The quantitative estimate of drug-likeness (QED) is 0.626. The smallest absolute Gasteiger partial charge is 0.321 e. The summed E-state index contributed by atoms with van der Waals surface area (Å²) < 4.78 is 0. The number of amides is 2. The summed E-state index contributed by atoms with van der Waals surface area (Å²) in [6.07, 6.45) is 5.71. The molecule has 0 spiro atoms. The van der Waals surface area contributed by atoms with Crippen molar-refractivity contribution in [2.24, 2.45) is 0 Å². The monoisotopic (exact) mass is 384 g/mol. The van der Waals surface area contributed by atoms with E-state index in [1.807, 2.05) is 17.1 Å². The second-order valence-corrected chi connectivity index (χ2v) is 7.25. The van der Waals surface area contributed by atoms with Crippen LogP contribution >= 0.6 is 0 Å². The van der Waals surface area contributed by atoms with E-state index in [1.54, 1.807) is 0 Å². The Bertz CT molecular complexity index is 618. The molecule has 2 rings (SSSR count). The summed E-state index contributed by atoms with van der Waals surface area (Å²) in [4.78, 5) is 19.5. The first-order valence-electron chi connectivity index (χ1n) is 10.5. The number of benzene rings is 1. The van der Waals surface area contributed by atoms with Crippen molar-refractivity contribution < 1.29 is 4.79 Å².